The second-order valence-corrected chi connectivity index (χ2v) is 6.05. The molecule has 9 heteroatoms. The van der Waals surface area contributed by atoms with Gasteiger partial charge in [-0.05, 0) is 31.2 Å². The molecule has 3 N–H and O–H groups in total. The number of rotatable bonds is 6. The number of hydrogen-bond acceptors (Lipinski definition) is 5. The number of ether oxygens (including phenoxy) is 1. The molecule has 1 aromatic heterocycles. The van der Waals surface area contributed by atoms with Gasteiger partial charge in [-0.2, -0.15) is 0 Å². The van der Waals surface area contributed by atoms with Crippen molar-refractivity contribution in [1.82, 2.24) is 10.3 Å². The van der Waals surface area contributed by atoms with E-state index in [1.807, 2.05) is 6.07 Å². The summed E-state index contributed by atoms with van der Waals surface area (Å²) >= 11 is 0. The van der Waals surface area contributed by atoms with Gasteiger partial charge in [0.25, 0.3) is 0 Å². The van der Waals surface area contributed by atoms with Gasteiger partial charge in [0.05, 0.1) is 18.4 Å². The molecule has 154 valence electrons. The minimum absolute atomic E-state index is 0.162. The summed E-state index contributed by atoms with van der Waals surface area (Å²) in [5.74, 6) is -4.26. The van der Waals surface area contributed by atoms with Crippen LogP contribution in [0.3, 0.4) is 0 Å². The van der Waals surface area contributed by atoms with Gasteiger partial charge < -0.3 is 20.3 Å². The highest BCUT2D eigenvalue weighted by Gasteiger charge is 2.18. The number of nitrogens with one attached hydrogen (secondary N) is 1. The zero-order valence-electron chi connectivity index (χ0n) is 15.3. The lowest BCUT2D eigenvalue weighted by molar-refractivity contribution is -0.134. The third-order valence-corrected chi connectivity index (χ3v) is 3.96. The van der Waals surface area contributed by atoms with Crippen molar-refractivity contribution in [3.63, 3.8) is 0 Å². The van der Waals surface area contributed by atoms with Crippen LogP contribution in [-0.2, 0) is 20.9 Å². The number of carboxylic acids is 2. The van der Waals surface area contributed by atoms with Crippen LogP contribution in [0.5, 0.6) is 0 Å². The quantitative estimate of drug-likeness (QED) is 0.633. The summed E-state index contributed by atoms with van der Waals surface area (Å²) in [5.41, 5.74) is 1.35. The van der Waals surface area contributed by atoms with Crippen LogP contribution < -0.4 is 5.32 Å². The molecule has 0 spiro atoms. The molecule has 0 amide bonds. The Morgan fingerprint density at radius 3 is 2.52 bits per heavy atom. The van der Waals surface area contributed by atoms with E-state index in [-0.39, 0.29) is 11.7 Å². The lowest BCUT2D eigenvalue weighted by atomic mass is 10.1. The van der Waals surface area contributed by atoms with E-state index < -0.39 is 23.6 Å². The minimum Gasteiger partial charge on any atom is -0.478 e. The van der Waals surface area contributed by atoms with Crippen molar-refractivity contribution in [3.8, 4) is 11.3 Å². The van der Waals surface area contributed by atoms with Crippen LogP contribution in [-0.4, -0.2) is 46.3 Å². The second-order valence-electron chi connectivity index (χ2n) is 6.05. The molecule has 1 atom stereocenters. The van der Waals surface area contributed by atoms with E-state index in [2.05, 4.69) is 10.3 Å². The van der Waals surface area contributed by atoms with Gasteiger partial charge in [0, 0.05) is 36.0 Å². The van der Waals surface area contributed by atoms with Gasteiger partial charge in [0.1, 0.15) is 0 Å². The lowest BCUT2D eigenvalue weighted by Gasteiger charge is -2.13. The molecule has 7 nitrogen and oxygen atoms in total. The Kier molecular flexibility index (Phi) is 8.38. The average Bonchev–Trinajstić information content (AvgIpc) is 3.21. The highest BCUT2D eigenvalue weighted by atomic mass is 19.2. The summed E-state index contributed by atoms with van der Waals surface area (Å²) in [4.78, 5) is 23.3. The number of aromatic nitrogens is 1. The highest BCUT2D eigenvalue weighted by molar-refractivity contribution is 5.89. The third kappa shape index (κ3) is 7.05. The predicted molar refractivity (Wildman–Crippen MR) is 100 cm³/mol. The summed E-state index contributed by atoms with van der Waals surface area (Å²) < 4.78 is 33.1. The molecule has 0 saturated carbocycles. The van der Waals surface area contributed by atoms with Gasteiger partial charge in [-0.1, -0.05) is 12.1 Å². The largest absolute Gasteiger partial charge is 0.478 e. The Balaban J connectivity index is 0.000000321. The zero-order chi connectivity index (χ0) is 21.2. The van der Waals surface area contributed by atoms with Gasteiger partial charge in [0.15, 0.2) is 11.6 Å². The van der Waals surface area contributed by atoms with Gasteiger partial charge in [0.2, 0.25) is 0 Å². The lowest BCUT2D eigenvalue weighted by Crippen LogP contribution is -2.16. The Hall–Kier alpha value is -3.17. The van der Waals surface area contributed by atoms with Crippen LogP contribution in [0, 0.1) is 11.6 Å². The summed E-state index contributed by atoms with van der Waals surface area (Å²) in [7, 11) is 0. The molecule has 1 fully saturated rings. The molecule has 3 rings (SSSR count). The van der Waals surface area contributed by atoms with E-state index in [0.29, 0.717) is 24.5 Å². The van der Waals surface area contributed by atoms with Crippen LogP contribution in [0.2, 0.25) is 0 Å². The second kappa shape index (κ2) is 11.0. The van der Waals surface area contributed by atoms with Crippen molar-refractivity contribution in [1.29, 1.82) is 0 Å². The van der Waals surface area contributed by atoms with E-state index in [0.717, 1.165) is 31.1 Å². The Bertz CT molecular complexity index is 867. The molecule has 0 aliphatic carbocycles. The Morgan fingerprint density at radius 1 is 1.17 bits per heavy atom. The molecule has 1 aromatic carbocycles. The van der Waals surface area contributed by atoms with Gasteiger partial charge >= 0.3 is 11.9 Å². The summed E-state index contributed by atoms with van der Waals surface area (Å²) in [6.45, 7) is 2.11. The molecule has 0 radical (unpaired) electrons. The van der Waals surface area contributed by atoms with Crippen LogP contribution >= 0.6 is 0 Å². The van der Waals surface area contributed by atoms with Crippen molar-refractivity contribution in [2.75, 3.05) is 13.1 Å². The van der Waals surface area contributed by atoms with Crippen LogP contribution in [0.4, 0.5) is 8.78 Å². The maximum atomic E-state index is 13.9. The van der Waals surface area contributed by atoms with E-state index in [1.165, 1.54) is 12.1 Å². The minimum atomic E-state index is -1.26. The molecular formula is C20H20F2N2O5. The first-order chi connectivity index (χ1) is 13.9. The van der Waals surface area contributed by atoms with E-state index >= 15 is 0 Å². The molecule has 2 aromatic rings. The third-order valence-electron chi connectivity index (χ3n) is 3.96. The Morgan fingerprint density at radius 2 is 1.90 bits per heavy atom. The maximum Gasteiger partial charge on any atom is 0.328 e. The van der Waals surface area contributed by atoms with E-state index in [9.17, 15) is 18.4 Å². The van der Waals surface area contributed by atoms with Crippen molar-refractivity contribution in [2.45, 2.75) is 19.1 Å². The SMILES string of the molecule is Fc1cccc(-c2ncccc2CO[C@H]2CCNC2)c1F.O=C(O)/C=C/C(=O)O. The van der Waals surface area contributed by atoms with Crippen LogP contribution in [0.1, 0.15) is 12.0 Å². The summed E-state index contributed by atoms with van der Waals surface area (Å²) in [6.07, 6.45) is 3.81. The van der Waals surface area contributed by atoms with Crippen molar-refractivity contribution >= 4 is 11.9 Å². The Labute approximate surface area is 165 Å². The maximum absolute atomic E-state index is 13.9. The number of carbonyl (C=O) groups is 2. The van der Waals surface area contributed by atoms with Gasteiger partial charge in [-0.3, -0.25) is 4.98 Å². The van der Waals surface area contributed by atoms with Gasteiger partial charge in [-0.25, -0.2) is 18.4 Å². The summed E-state index contributed by atoms with van der Waals surface area (Å²) in [6, 6.07) is 7.71. The molecular weight excluding hydrogens is 386 g/mol. The van der Waals surface area contributed by atoms with Crippen LogP contribution in [0.25, 0.3) is 11.3 Å². The highest BCUT2D eigenvalue weighted by Crippen LogP contribution is 2.26. The van der Waals surface area contributed by atoms with Crippen molar-refractivity contribution in [3.05, 3.63) is 65.9 Å². The fraction of sp³-hybridized carbons (Fsp3) is 0.250. The van der Waals surface area contributed by atoms with Gasteiger partial charge in [-0.15, -0.1) is 0 Å². The number of benzene rings is 1. The summed E-state index contributed by atoms with van der Waals surface area (Å²) in [5, 5.41) is 18.8. The molecule has 0 bridgehead atoms. The first kappa shape index (κ1) is 22.1. The predicted octanol–water partition coefficient (Wildman–Crippen LogP) is 2.62. The molecule has 1 aliphatic rings. The standard InChI is InChI=1S/C16H16F2N2O.C4H4O4/c17-14-5-1-4-13(15(14)18)16-11(3-2-7-20-16)10-21-12-6-8-19-9-12;5-3(6)1-2-4(7)8/h1-5,7,12,19H,6,8-10H2;1-2H,(H,5,6)(H,7,8)/b;2-1+/t12-;/m0./s1. The van der Waals surface area contributed by atoms with E-state index in [1.54, 1.807) is 12.3 Å². The fourth-order valence-electron chi connectivity index (χ4n) is 2.60. The molecule has 29 heavy (non-hydrogen) atoms. The van der Waals surface area contributed by atoms with E-state index in [4.69, 9.17) is 14.9 Å². The molecule has 1 aliphatic heterocycles. The number of aliphatic carboxylic acids is 2. The van der Waals surface area contributed by atoms with Crippen molar-refractivity contribution in [2.24, 2.45) is 0 Å². The number of halogens is 2. The van der Waals surface area contributed by atoms with Crippen LogP contribution in [0.15, 0.2) is 48.7 Å². The monoisotopic (exact) mass is 406 g/mol. The fourth-order valence-corrected chi connectivity index (χ4v) is 2.60. The topological polar surface area (TPSA) is 109 Å². The number of carboxylic acid groups (broad SMARTS) is 2. The normalized spacial score (nSPS) is 15.7. The molecule has 0 unspecified atom stereocenters. The average molecular weight is 406 g/mol. The number of pyridine rings is 1. The first-order valence-electron chi connectivity index (χ1n) is 8.73. The number of nitrogens with zero attached hydrogens (tertiary/aromatic N) is 1. The first-order valence-corrected chi connectivity index (χ1v) is 8.73. The molecule has 2 heterocycles. The van der Waals surface area contributed by atoms with Crippen molar-refractivity contribution < 1.29 is 33.3 Å². The number of hydrogen-bond donors (Lipinski definition) is 3. The molecule has 1 saturated heterocycles. The smallest absolute Gasteiger partial charge is 0.328 e. The zero-order valence-corrected chi connectivity index (χ0v) is 15.3.